The number of ether oxygens (including phenoxy) is 1. The summed E-state index contributed by atoms with van der Waals surface area (Å²) in [7, 11) is 0. The molecule has 1 rings (SSSR count). The maximum absolute atomic E-state index is 12.5. The van der Waals surface area contributed by atoms with E-state index in [2.05, 4.69) is 17.2 Å². The van der Waals surface area contributed by atoms with E-state index in [1.54, 1.807) is 13.8 Å². The first-order valence-electron chi connectivity index (χ1n) is 8.42. The van der Waals surface area contributed by atoms with E-state index in [0.29, 0.717) is 0 Å². The monoisotopic (exact) mass is 411 g/mol. The van der Waals surface area contributed by atoms with Crippen LogP contribution in [0, 0.1) is 16.0 Å². The zero-order valence-electron chi connectivity index (χ0n) is 15.7. The lowest BCUT2D eigenvalue weighted by molar-refractivity contribution is -0.384. The second-order valence-corrected chi connectivity index (χ2v) is 6.64. The molecule has 0 saturated carbocycles. The number of non-ortho nitro benzene ring substituents is 1. The molecular weight excluding hydrogens is 390 g/mol. The third-order valence-electron chi connectivity index (χ3n) is 3.70. The molecule has 2 amide bonds. The molecule has 0 aromatic heterocycles. The number of esters is 1. The van der Waals surface area contributed by atoms with Gasteiger partial charge in [-0.2, -0.15) is 0 Å². The zero-order valence-corrected chi connectivity index (χ0v) is 16.5. The molecule has 1 aromatic rings. The maximum Gasteiger partial charge on any atom is 0.329 e. The van der Waals surface area contributed by atoms with Crippen LogP contribution in [0.1, 0.15) is 31.1 Å². The van der Waals surface area contributed by atoms with E-state index in [0.717, 1.165) is 12.1 Å². The standard InChI is InChI=1S/C18H22ClN3O6/c1-5-8-20-16(23)11(4)28-18(25)15(10(2)3)21-17(24)13-7-6-12(22(26)27)9-14(13)19/h5-7,9-11,15H,1,8H2,2-4H3,(H,20,23)(H,21,24)/t11-,15+/m0/s1. The molecule has 0 saturated heterocycles. The molecule has 0 aliphatic rings. The molecule has 2 atom stereocenters. The van der Waals surface area contributed by atoms with Gasteiger partial charge in [0.1, 0.15) is 6.04 Å². The first-order valence-corrected chi connectivity index (χ1v) is 8.80. The number of nitrogens with zero attached hydrogens (tertiary/aromatic N) is 1. The summed E-state index contributed by atoms with van der Waals surface area (Å²) in [5.41, 5.74) is -0.289. The minimum Gasteiger partial charge on any atom is -0.451 e. The van der Waals surface area contributed by atoms with Crippen molar-refractivity contribution in [3.8, 4) is 0 Å². The Morgan fingerprint density at radius 1 is 1.32 bits per heavy atom. The van der Waals surface area contributed by atoms with Crippen LogP contribution in [0.3, 0.4) is 0 Å². The van der Waals surface area contributed by atoms with Crippen molar-refractivity contribution in [3.63, 3.8) is 0 Å². The van der Waals surface area contributed by atoms with Crippen LogP contribution >= 0.6 is 11.6 Å². The van der Waals surface area contributed by atoms with Crippen molar-refractivity contribution in [2.45, 2.75) is 32.9 Å². The number of hydrogen-bond acceptors (Lipinski definition) is 6. The molecule has 2 N–H and O–H groups in total. The normalized spacial score (nSPS) is 12.6. The average molecular weight is 412 g/mol. The summed E-state index contributed by atoms with van der Waals surface area (Å²) in [6, 6.07) is 2.33. The second kappa shape index (κ2) is 10.4. The molecule has 0 fully saturated rings. The predicted octanol–water partition coefficient (Wildman–Crippen LogP) is 2.24. The van der Waals surface area contributed by atoms with Crippen LogP contribution in [0.4, 0.5) is 5.69 Å². The van der Waals surface area contributed by atoms with Crippen LogP contribution in [-0.4, -0.2) is 41.4 Å². The minimum absolute atomic E-state index is 0.0255. The quantitative estimate of drug-likeness (QED) is 0.277. The Bertz CT molecular complexity index is 781. The zero-order chi connectivity index (χ0) is 21.4. The van der Waals surface area contributed by atoms with Gasteiger partial charge in [-0.3, -0.25) is 19.7 Å². The molecule has 9 nitrogen and oxygen atoms in total. The van der Waals surface area contributed by atoms with E-state index < -0.39 is 34.9 Å². The average Bonchev–Trinajstić information content (AvgIpc) is 2.63. The second-order valence-electron chi connectivity index (χ2n) is 6.23. The summed E-state index contributed by atoms with van der Waals surface area (Å²) in [4.78, 5) is 46.8. The number of nitro benzene ring substituents is 1. The predicted molar refractivity (Wildman–Crippen MR) is 103 cm³/mol. The Morgan fingerprint density at radius 2 is 1.96 bits per heavy atom. The van der Waals surface area contributed by atoms with Gasteiger partial charge in [0.15, 0.2) is 6.10 Å². The molecule has 0 aliphatic heterocycles. The number of carbonyl (C=O) groups is 3. The summed E-state index contributed by atoms with van der Waals surface area (Å²) in [6.07, 6.45) is 0.422. The van der Waals surface area contributed by atoms with Gasteiger partial charge in [-0.15, -0.1) is 6.58 Å². The SMILES string of the molecule is C=CCNC(=O)[C@H](C)OC(=O)[C@H](NC(=O)c1ccc([N+](=O)[O-])cc1Cl)C(C)C. The summed E-state index contributed by atoms with van der Waals surface area (Å²) >= 11 is 5.94. The van der Waals surface area contributed by atoms with E-state index in [1.807, 2.05) is 0 Å². The number of amides is 2. The fourth-order valence-electron chi connectivity index (χ4n) is 2.14. The molecule has 1 aromatic carbocycles. The summed E-state index contributed by atoms with van der Waals surface area (Å²) < 4.78 is 5.13. The lowest BCUT2D eigenvalue weighted by atomic mass is 10.0. The summed E-state index contributed by atoms with van der Waals surface area (Å²) in [5, 5.41) is 15.6. The van der Waals surface area contributed by atoms with Crippen molar-refractivity contribution in [2.75, 3.05) is 6.54 Å². The number of benzene rings is 1. The molecule has 152 valence electrons. The number of hydrogen-bond donors (Lipinski definition) is 2. The number of halogens is 1. The van der Waals surface area contributed by atoms with Gasteiger partial charge in [-0.05, 0) is 18.9 Å². The third kappa shape index (κ3) is 6.34. The van der Waals surface area contributed by atoms with E-state index in [4.69, 9.17) is 16.3 Å². The van der Waals surface area contributed by atoms with E-state index in [1.165, 1.54) is 19.1 Å². The summed E-state index contributed by atoms with van der Waals surface area (Å²) in [5.74, 6) is -2.33. The van der Waals surface area contributed by atoms with Gasteiger partial charge >= 0.3 is 5.97 Å². The topological polar surface area (TPSA) is 128 Å². The third-order valence-corrected chi connectivity index (χ3v) is 4.01. The Kier molecular flexibility index (Phi) is 8.59. The van der Waals surface area contributed by atoms with Gasteiger partial charge in [0.25, 0.3) is 17.5 Å². The number of carbonyl (C=O) groups excluding carboxylic acids is 3. The molecule has 0 unspecified atom stereocenters. The van der Waals surface area contributed by atoms with Crippen LogP contribution in [0.5, 0.6) is 0 Å². The van der Waals surface area contributed by atoms with Crippen molar-refractivity contribution in [2.24, 2.45) is 5.92 Å². The van der Waals surface area contributed by atoms with Crippen molar-refractivity contribution in [3.05, 3.63) is 51.6 Å². The molecule has 0 spiro atoms. The van der Waals surface area contributed by atoms with Crippen molar-refractivity contribution < 1.29 is 24.0 Å². The molecule has 10 heteroatoms. The molecule has 28 heavy (non-hydrogen) atoms. The molecule has 0 radical (unpaired) electrons. The van der Waals surface area contributed by atoms with Crippen LogP contribution in [0.15, 0.2) is 30.9 Å². The highest BCUT2D eigenvalue weighted by Crippen LogP contribution is 2.22. The van der Waals surface area contributed by atoms with Gasteiger partial charge in [0.05, 0.1) is 15.5 Å². The van der Waals surface area contributed by atoms with Gasteiger partial charge in [-0.1, -0.05) is 31.5 Å². The van der Waals surface area contributed by atoms with Gasteiger partial charge < -0.3 is 15.4 Å². The van der Waals surface area contributed by atoms with Crippen LogP contribution in [0.2, 0.25) is 5.02 Å². The van der Waals surface area contributed by atoms with E-state index in [9.17, 15) is 24.5 Å². The number of rotatable bonds is 9. The Balaban J connectivity index is 2.88. The van der Waals surface area contributed by atoms with E-state index >= 15 is 0 Å². The first-order chi connectivity index (χ1) is 13.1. The van der Waals surface area contributed by atoms with Crippen LogP contribution in [0.25, 0.3) is 0 Å². The van der Waals surface area contributed by atoms with Crippen molar-refractivity contribution >= 4 is 35.1 Å². The molecular formula is C18H22ClN3O6. The van der Waals surface area contributed by atoms with Crippen molar-refractivity contribution in [1.82, 2.24) is 10.6 Å². The van der Waals surface area contributed by atoms with Gasteiger partial charge in [0, 0.05) is 18.7 Å². The first kappa shape index (κ1) is 23.1. The van der Waals surface area contributed by atoms with Gasteiger partial charge in [0.2, 0.25) is 0 Å². The number of nitro groups is 1. The Morgan fingerprint density at radius 3 is 2.46 bits per heavy atom. The van der Waals surface area contributed by atoms with Gasteiger partial charge in [-0.25, -0.2) is 4.79 Å². The maximum atomic E-state index is 12.5. The molecule has 0 bridgehead atoms. The Labute approximate surface area is 167 Å². The fourth-order valence-corrected chi connectivity index (χ4v) is 2.40. The number of nitrogens with one attached hydrogen (secondary N) is 2. The lowest BCUT2D eigenvalue weighted by Gasteiger charge is -2.23. The highest BCUT2D eigenvalue weighted by atomic mass is 35.5. The smallest absolute Gasteiger partial charge is 0.329 e. The molecule has 0 heterocycles. The van der Waals surface area contributed by atoms with Crippen molar-refractivity contribution in [1.29, 1.82) is 0 Å². The minimum atomic E-state index is -1.06. The summed E-state index contributed by atoms with van der Waals surface area (Å²) in [6.45, 7) is 8.47. The Hall–Kier alpha value is -2.94. The van der Waals surface area contributed by atoms with Crippen LogP contribution < -0.4 is 10.6 Å². The van der Waals surface area contributed by atoms with E-state index in [-0.39, 0.29) is 28.7 Å². The lowest BCUT2D eigenvalue weighted by Crippen LogP contribution is -2.47. The van der Waals surface area contributed by atoms with Crippen LogP contribution in [-0.2, 0) is 14.3 Å². The largest absolute Gasteiger partial charge is 0.451 e. The fraction of sp³-hybridized carbons (Fsp3) is 0.389. The molecule has 0 aliphatic carbocycles. The highest BCUT2D eigenvalue weighted by molar-refractivity contribution is 6.34. The highest BCUT2D eigenvalue weighted by Gasteiger charge is 2.29.